The van der Waals surface area contributed by atoms with Crippen molar-refractivity contribution in [1.82, 2.24) is 4.90 Å². The third-order valence-electron chi connectivity index (χ3n) is 3.48. The Morgan fingerprint density at radius 1 is 1.30 bits per heavy atom. The second-order valence-electron chi connectivity index (χ2n) is 4.91. The largest absolute Gasteiger partial charge is 0.478 e. The van der Waals surface area contributed by atoms with E-state index in [1.165, 1.54) is 18.2 Å². The average Bonchev–Trinajstić information content (AvgIpc) is 2.62. The van der Waals surface area contributed by atoms with Crippen molar-refractivity contribution in [3.05, 3.63) is 33.9 Å². The Morgan fingerprint density at radius 3 is 2.70 bits per heavy atom. The third-order valence-corrected chi connectivity index (χ3v) is 3.48. The fraction of sp³-hybridized carbons (Fsp3) is 0.462. The second kappa shape index (κ2) is 5.87. The van der Waals surface area contributed by atoms with Crippen molar-refractivity contribution in [3.63, 3.8) is 0 Å². The van der Waals surface area contributed by atoms with Crippen molar-refractivity contribution in [1.29, 1.82) is 0 Å². The number of carboxylic acids is 1. The van der Waals surface area contributed by atoms with Crippen LogP contribution in [0.25, 0.3) is 0 Å². The normalized spacial score (nSPS) is 16.8. The van der Waals surface area contributed by atoms with Gasteiger partial charge in [-0.2, -0.15) is 0 Å². The predicted molar refractivity (Wildman–Crippen MR) is 74.4 cm³/mol. The van der Waals surface area contributed by atoms with Crippen LogP contribution in [0.3, 0.4) is 0 Å². The molecule has 0 saturated carbocycles. The fourth-order valence-corrected chi connectivity index (χ4v) is 2.36. The van der Waals surface area contributed by atoms with Gasteiger partial charge in [0.15, 0.2) is 0 Å². The molecule has 0 aliphatic carbocycles. The number of likely N-dealkylation sites (N-methyl/N-ethyl adjacent to an activating group) is 1. The minimum Gasteiger partial charge on any atom is -0.478 e. The highest BCUT2D eigenvalue weighted by atomic mass is 16.6. The molecule has 2 rings (SSSR count). The number of hydrogen-bond acceptors (Lipinski definition) is 5. The lowest BCUT2D eigenvalue weighted by molar-refractivity contribution is -0.384. The maximum atomic E-state index is 11.3. The van der Waals surface area contributed by atoms with Crippen LogP contribution in [-0.4, -0.2) is 54.1 Å². The number of nitrogens with zero attached hydrogens (tertiary/aromatic N) is 3. The molecule has 1 aliphatic heterocycles. The number of nitro groups is 1. The zero-order valence-corrected chi connectivity index (χ0v) is 11.3. The summed E-state index contributed by atoms with van der Waals surface area (Å²) in [6.45, 7) is 3.11. The summed E-state index contributed by atoms with van der Waals surface area (Å²) in [6.07, 6.45) is 0.901. The summed E-state index contributed by atoms with van der Waals surface area (Å²) in [5, 5.41) is 20.1. The number of benzene rings is 1. The van der Waals surface area contributed by atoms with Gasteiger partial charge in [0.05, 0.1) is 16.2 Å². The number of anilines is 1. The number of aromatic carboxylic acids is 1. The minimum absolute atomic E-state index is 0.0809. The highest BCUT2D eigenvalue weighted by Crippen LogP contribution is 2.27. The van der Waals surface area contributed by atoms with Crippen molar-refractivity contribution in [2.24, 2.45) is 0 Å². The van der Waals surface area contributed by atoms with Crippen LogP contribution in [0, 0.1) is 10.1 Å². The lowest BCUT2D eigenvalue weighted by Crippen LogP contribution is -2.30. The molecule has 1 aromatic rings. The quantitative estimate of drug-likeness (QED) is 0.665. The van der Waals surface area contributed by atoms with Gasteiger partial charge in [0.25, 0.3) is 5.69 Å². The molecule has 7 nitrogen and oxygen atoms in total. The Hall–Kier alpha value is -2.15. The zero-order chi connectivity index (χ0) is 14.7. The summed E-state index contributed by atoms with van der Waals surface area (Å²) in [6, 6.07) is 3.90. The number of carboxylic acid groups (broad SMARTS) is 1. The molecule has 0 atom stereocenters. The van der Waals surface area contributed by atoms with E-state index in [1.807, 2.05) is 11.9 Å². The van der Waals surface area contributed by atoms with Crippen LogP contribution in [0.5, 0.6) is 0 Å². The summed E-state index contributed by atoms with van der Waals surface area (Å²) in [7, 11) is 2.01. The van der Waals surface area contributed by atoms with Crippen LogP contribution in [0.4, 0.5) is 11.4 Å². The van der Waals surface area contributed by atoms with Crippen LogP contribution in [0.15, 0.2) is 18.2 Å². The summed E-state index contributed by atoms with van der Waals surface area (Å²) in [5.41, 5.74) is 0.463. The molecule has 1 aromatic carbocycles. The highest BCUT2D eigenvalue weighted by Gasteiger charge is 2.21. The lowest BCUT2D eigenvalue weighted by atomic mass is 10.1. The van der Waals surface area contributed by atoms with Gasteiger partial charge in [-0.1, -0.05) is 0 Å². The highest BCUT2D eigenvalue weighted by molar-refractivity contribution is 5.95. The van der Waals surface area contributed by atoms with E-state index in [1.54, 1.807) is 0 Å². The summed E-state index contributed by atoms with van der Waals surface area (Å²) >= 11 is 0. The van der Waals surface area contributed by atoms with Gasteiger partial charge in [-0.05, 0) is 26.1 Å². The Kier molecular flexibility index (Phi) is 4.19. The van der Waals surface area contributed by atoms with Gasteiger partial charge < -0.3 is 14.9 Å². The van der Waals surface area contributed by atoms with Gasteiger partial charge >= 0.3 is 5.97 Å². The molecule has 1 saturated heterocycles. The maximum Gasteiger partial charge on any atom is 0.337 e. The Bertz CT molecular complexity index is 532. The monoisotopic (exact) mass is 279 g/mol. The molecule has 0 aromatic heterocycles. The summed E-state index contributed by atoms with van der Waals surface area (Å²) in [4.78, 5) is 25.7. The first-order valence-corrected chi connectivity index (χ1v) is 6.44. The predicted octanol–water partition coefficient (Wildman–Crippen LogP) is 1.43. The van der Waals surface area contributed by atoms with Crippen molar-refractivity contribution < 1.29 is 14.8 Å². The minimum atomic E-state index is -1.06. The molecule has 1 aliphatic rings. The lowest BCUT2D eigenvalue weighted by Gasteiger charge is -2.24. The number of non-ortho nitro benzene ring substituents is 1. The number of nitro benzene ring substituents is 1. The first-order valence-electron chi connectivity index (χ1n) is 6.44. The van der Waals surface area contributed by atoms with Crippen molar-refractivity contribution >= 4 is 17.3 Å². The van der Waals surface area contributed by atoms with E-state index in [-0.39, 0.29) is 11.3 Å². The van der Waals surface area contributed by atoms with Crippen molar-refractivity contribution in [2.45, 2.75) is 6.42 Å². The van der Waals surface area contributed by atoms with E-state index in [9.17, 15) is 20.0 Å². The van der Waals surface area contributed by atoms with Crippen LogP contribution >= 0.6 is 0 Å². The molecule has 1 fully saturated rings. The molecule has 1 N–H and O–H groups in total. The topological polar surface area (TPSA) is 86.9 Å². The molecule has 7 heteroatoms. The van der Waals surface area contributed by atoms with Crippen LogP contribution < -0.4 is 4.90 Å². The SMILES string of the molecule is CN1CCCN(c2cc([N+](=O)[O-])ccc2C(=O)O)CC1. The first-order chi connectivity index (χ1) is 9.49. The first kappa shape index (κ1) is 14.3. The zero-order valence-electron chi connectivity index (χ0n) is 11.3. The van der Waals surface area contributed by atoms with Gasteiger partial charge in [0.1, 0.15) is 0 Å². The third kappa shape index (κ3) is 3.05. The number of rotatable bonds is 3. The van der Waals surface area contributed by atoms with E-state index < -0.39 is 10.9 Å². The van der Waals surface area contributed by atoms with E-state index in [0.717, 1.165) is 19.5 Å². The number of carbonyl (C=O) groups is 1. The number of hydrogen-bond donors (Lipinski definition) is 1. The van der Waals surface area contributed by atoms with E-state index >= 15 is 0 Å². The second-order valence-corrected chi connectivity index (χ2v) is 4.91. The van der Waals surface area contributed by atoms with Gasteiger partial charge in [-0.25, -0.2) is 4.79 Å². The molecule has 0 bridgehead atoms. The molecular weight excluding hydrogens is 262 g/mol. The molecule has 1 heterocycles. The molecule has 20 heavy (non-hydrogen) atoms. The van der Waals surface area contributed by atoms with E-state index in [0.29, 0.717) is 18.8 Å². The Balaban J connectivity index is 2.38. The fourth-order valence-electron chi connectivity index (χ4n) is 2.36. The van der Waals surface area contributed by atoms with Gasteiger partial charge in [0.2, 0.25) is 0 Å². The van der Waals surface area contributed by atoms with Crippen molar-refractivity contribution in [3.8, 4) is 0 Å². The van der Waals surface area contributed by atoms with Gasteiger partial charge in [0, 0.05) is 31.8 Å². The summed E-state index contributed by atoms with van der Waals surface area (Å²) < 4.78 is 0. The molecular formula is C13H17N3O4. The smallest absolute Gasteiger partial charge is 0.337 e. The molecule has 0 unspecified atom stereocenters. The Morgan fingerprint density at radius 2 is 2.05 bits per heavy atom. The van der Waals surface area contributed by atoms with Gasteiger partial charge in [-0.3, -0.25) is 10.1 Å². The van der Waals surface area contributed by atoms with Crippen molar-refractivity contribution in [2.75, 3.05) is 38.1 Å². The van der Waals surface area contributed by atoms with Crippen LogP contribution in [0.2, 0.25) is 0 Å². The average molecular weight is 279 g/mol. The van der Waals surface area contributed by atoms with E-state index in [2.05, 4.69) is 4.90 Å². The Labute approximate surface area is 116 Å². The van der Waals surface area contributed by atoms with E-state index in [4.69, 9.17) is 0 Å². The van der Waals surface area contributed by atoms with Crippen LogP contribution in [-0.2, 0) is 0 Å². The van der Waals surface area contributed by atoms with Crippen LogP contribution in [0.1, 0.15) is 16.8 Å². The molecule has 0 amide bonds. The summed E-state index contributed by atoms with van der Waals surface area (Å²) in [5.74, 6) is -1.06. The molecule has 0 radical (unpaired) electrons. The maximum absolute atomic E-state index is 11.3. The molecule has 108 valence electrons. The standard InChI is InChI=1S/C13H17N3O4/c1-14-5-2-6-15(8-7-14)12-9-10(16(19)20)3-4-11(12)13(17)18/h3-4,9H,2,5-8H2,1H3,(H,17,18). The molecule has 0 spiro atoms. The van der Waals surface area contributed by atoms with Gasteiger partial charge in [-0.15, -0.1) is 0 Å².